The van der Waals surface area contributed by atoms with Gasteiger partial charge in [-0.1, -0.05) is 18.2 Å². The quantitative estimate of drug-likeness (QED) is 0.768. The molecule has 0 radical (unpaired) electrons. The van der Waals surface area contributed by atoms with Crippen LogP contribution in [0.4, 0.5) is 11.6 Å². The van der Waals surface area contributed by atoms with Gasteiger partial charge in [0.15, 0.2) is 5.82 Å². The molecule has 0 saturated carbocycles. The van der Waals surface area contributed by atoms with Crippen LogP contribution in [0, 0.1) is 6.92 Å². The SMILES string of the molecule is Cc1nc(NCC2Cc3ccccc3O2)c(N)[nH]1. The van der Waals surface area contributed by atoms with E-state index in [-0.39, 0.29) is 6.10 Å². The summed E-state index contributed by atoms with van der Waals surface area (Å²) in [5, 5.41) is 3.22. The molecule has 94 valence electrons. The number of fused-ring (bicyclic) bond motifs is 1. The number of para-hydroxylation sites is 1. The Labute approximate surface area is 105 Å². The summed E-state index contributed by atoms with van der Waals surface area (Å²) in [4.78, 5) is 7.24. The highest BCUT2D eigenvalue weighted by Gasteiger charge is 2.22. The first-order valence-corrected chi connectivity index (χ1v) is 6.03. The van der Waals surface area contributed by atoms with Crippen LogP contribution in [0.25, 0.3) is 0 Å². The van der Waals surface area contributed by atoms with Crippen molar-refractivity contribution in [3.63, 3.8) is 0 Å². The van der Waals surface area contributed by atoms with E-state index in [0.717, 1.165) is 18.0 Å². The number of nitrogen functional groups attached to an aromatic ring is 1. The maximum Gasteiger partial charge on any atom is 0.168 e. The number of imidazole rings is 1. The van der Waals surface area contributed by atoms with Gasteiger partial charge in [0, 0.05) is 6.42 Å². The molecule has 0 fully saturated rings. The van der Waals surface area contributed by atoms with Gasteiger partial charge in [0.2, 0.25) is 0 Å². The summed E-state index contributed by atoms with van der Waals surface area (Å²) in [6, 6.07) is 8.13. The van der Waals surface area contributed by atoms with Gasteiger partial charge in [-0.3, -0.25) is 0 Å². The molecule has 1 aliphatic heterocycles. The van der Waals surface area contributed by atoms with E-state index in [1.807, 2.05) is 25.1 Å². The van der Waals surface area contributed by atoms with Crippen molar-refractivity contribution >= 4 is 11.6 Å². The lowest BCUT2D eigenvalue weighted by Crippen LogP contribution is -2.24. The average molecular weight is 244 g/mol. The Morgan fingerprint density at radius 3 is 3.06 bits per heavy atom. The fourth-order valence-corrected chi connectivity index (χ4v) is 2.22. The van der Waals surface area contributed by atoms with Gasteiger partial charge in [-0.05, 0) is 18.6 Å². The lowest BCUT2D eigenvalue weighted by Gasteiger charge is -2.11. The first kappa shape index (κ1) is 11.0. The first-order valence-electron chi connectivity index (χ1n) is 6.03. The van der Waals surface area contributed by atoms with Crippen molar-refractivity contribution in [1.29, 1.82) is 0 Å². The molecule has 1 aliphatic rings. The van der Waals surface area contributed by atoms with Crippen LogP contribution < -0.4 is 15.8 Å². The molecule has 0 amide bonds. The lowest BCUT2D eigenvalue weighted by molar-refractivity contribution is 0.246. The molecule has 3 rings (SSSR count). The molecule has 4 N–H and O–H groups in total. The molecule has 0 spiro atoms. The van der Waals surface area contributed by atoms with Crippen LogP contribution in [-0.2, 0) is 6.42 Å². The molecule has 1 unspecified atom stereocenters. The predicted octanol–water partition coefficient (Wildman–Crippen LogP) is 1.72. The number of nitrogens with two attached hydrogens (primary N) is 1. The fourth-order valence-electron chi connectivity index (χ4n) is 2.22. The smallest absolute Gasteiger partial charge is 0.168 e. The molecule has 0 saturated heterocycles. The van der Waals surface area contributed by atoms with Gasteiger partial charge < -0.3 is 20.8 Å². The monoisotopic (exact) mass is 244 g/mol. The Kier molecular flexibility index (Phi) is 2.59. The number of aromatic nitrogens is 2. The summed E-state index contributed by atoms with van der Waals surface area (Å²) in [5.74, 6) is 3.07. The molecule has 2 aromatic rings. The minimum atomic E-state index is 0.138. The zero-order chi connectivity index (χ0) is 12.5. The third-order valence-corrected chi connectivity index (χ3v) is 3.06. The van der Waals surface area contributed by atoms with Gasteiger partial charge >= 0.3 is 0 Å². The number of H-pyrrole nitrogens is 1. The molecule has 0 bridgehead atoms. The fraction of sp³-hybridized carbons (Fsp3) is 0.308. The van der Waals surface area contributed by atoms with E-state index in [9.17, 15) is 0 Å². The highest BCUT2D eigenvalue weighted by atomic mass is 16.5. The normalized spacial score (nSPS) is 17.3. The standard InChI is InChI=1S/C13H16N4O/c1-8-16-12(14)13(17-8)15-7-10-6-9-4-2-3-5-11(9)18-10/h2-5,10,15H,6-7,14H2,1H3,(H,16,17). The second kappa shape index (κ2) is 4.25. The largest absolute Gasteiger partial charge is 0.488 e. The van der Waals surface area contributed by atoms with Crippen LogP contribution in [0.3, 0.4) is 0 Å². The minimum absolute atomic E-state index is 0.138. The second-order valence-corrected chi connectivity index (χ2v) is 4.52. The first-order chi connectivity index (χ1) is 8.72. The van der Waals surface area contributed by atoms with Crippen LogP contribution >= 0.6 is 0 Å². The van der Waals surface area contributed by atoms with Crippen molar-refractivity contribution in [2.45, 2.75) is 19.4 Å². The molecular formula is C13H16N4O. The number of nitrogens with zero attached hydrogens (tertiary/aromatic N) is 1. The van der Waals surface area contributed by atoms with Gasteiger partial charge in [0.1, 0.15) is 23.5 Å². The highest BCUT2D eigenvalue weighted by Crippen LogP contribution is 2.28. The predicted molar refractivity (Wildman–Crippen MR) is 70.8 cm³/mol. The highest BCUT2D eigenvalue weighted by molar-refractivity contribution is 5.57. The van der Waals surface area contributed by atoms with E-state index in [1.54, 1.807) is 0 Å². The Morgan fingerprint density at radius 1 is 1.50 bits per heavy atom. The summed E-state index contributed by atoms with van der Waals surface area (Å²) >= 11 is 0. The number of hydrogen-bond donors (Lipinski definition) is 3. The van der Waals surface area contributed by atoms with Crippen molar-refractivity contribution in [3.05, 3.63) is 35.7 Å². The molecule has 1 aromatic carbocycles. The average Bonchev–Trinajstić information content (AvgIpc) is 2.89. The van der Waals surface area contributed by atoms with Crippen molar-refractivity contribution in [2.75, 3.05) is 17.6 Å². The molecule has 1 atom stereocenters. The summed E-state index contributed by atoms with van der Waals surface area (Å²) in [5.41, 5.74) is 7.05. The Hall–Kier alpha value is -2.17. The zero-order valence-corrected chi connectivity index (χ0v) is 10.2. The number of nitrogens with one attached hydrogen (secondary N) is 2. The summed E-state index contributed by atoms with van der Waals surface area (Å²) < 4.78 is 5.83. The van der Waals surface area contributed by atoms with Crippen LogP contribution in [0.15, 0.2) is 24.3 Å². The molecular weight excluding hydrogens is 228 g/mol. The van der Waals surface area contributed by atoms with Crippen molar-refractivity contribution < 1.29 is 4.74 Å². The number of hydrogen-bond acceptors (Lipinski definition) is 4. The molecule has 1 aromatic heterocycles. The third-order valence-electron chi connectivity index (χ3n) is 3.06. The maximum atomic E-state index is 5.83. The van der Waals surface area contributed by atoms with Crippen molar-refractivity contribution in [2.24, 2.45) is 0 Å². The van der Waals surface area contributed by atoms with Gasteiger partial charge in [-0.25, -0.2) is 4.98 Å². The molecule has 0 aliphatic carbocycles. The summed E-state index contributed by atoms with van der Waals surface area (Å²) in [7, 11) is 0. The van der Waals surface area contributed by atoms with E-state index in [0.29, 0.717) is 18.2 Å². The topological polar surface area (TPSA) is 76.0 Å². The van der Waals surface area contributed by atoms with E-state index in [2.05, 4.69) is 21.4 Å². The summed E-state index contributed by atoms with van der Waals surface area (Å²) in [6.45, 7) is 2.58. The van der Waals surface area contributed by atoms with E-state index >= 15 is 0 Å². The zero-order valence-electron chi connectivity index (χ0n) is 10.2. The van der Waals surface area contributed by atoms with E-state index in [4.69, 9.17) is 10.5 Å². The third kappa shape index (κ3) is 1.99. The molecule has 18 heavy (non-hydrogen) atoms. The lowest BCUT2D eigenvalue weighted by atomic mass is 10.1. The number of anilines is 2. The van der Waals surface area contributed by atoms with Gasteiger partial charge in [-0.2, -0.15) is 0 Å². The second-order valence-electron chi connectivity index (χ2n) is 4.52. The molecule has 5 heteroatoms. The van der Waals surface area contributed by atoms with Crippen LogP contribution in [0.1, 0.15) is 11.4 Å². The Bertz CT molecular complexity index is 539. The minimum Gasteiger partial charge on any atom is -0.488 e. The Balaban J connectivity index is 1.62. The van der Waals surface area contributed by atoms with Gasteiger partial charge in [-0.15, -0.1) is 0 Å². The number of aryl methyl sites for hydroxylation is 1. The number of ether oxygens (including phenoxy) is 1. The van der Waals surface area contributed by atoms with Crippen LogP contribution in [-0.4, -0.2) is 22.6 Å². The van der Waals surface area contributed by atoms with Crippen LogP contribution in [0.5, 0.6) is 5.75 Å². The van der Waals surface area contributed by atoms with Gasteiger partial charge in [0.05, 0.1) is 6.54 Å². The number of rotatable bonds is 3. The van der Waals surface area contributed by atoms with E-state index < -0.39 is 0 Å². The van der Waals surface area contributed by atoms with E-state index in [1.165, 1.54) is 5.56 Å². The van der Waals surface area contributed by atoms with Crippen molar-refractivity contribution in [3.8, 4) is 5.75 Å². The number of benzene rings is 1. The van der Waals surface area contributed by atoms with Crippen molar-refractivity contribution in [1.82, 2.24) is 9.97 Å². The van der Waals surface area contributed by atoms with Crippen LogP contribution in [0.2, 0.25) is 0 Å². The number of aromatic amines is 1. The molecule has 5 nitrogen and oxygen atoms in total. The Morgan fingerprint density at radius 2 is 2.33 bits per heavy atom. The van der Waals surface area contributed by atoms with Gasteiger partial charge in [0.25, 0.3) is 0 Å². The molecule has 2 heterocycles. The maximum absolute atomic E-state index is 5.83. The summed E-state index contributed by atoms with van der Waals surface area (Å²) in [6.07, 6.45) is 1.06.